The van der Waals surface area contributed by atoms with Crippen LogP contribution in [0.25, 0.3) is 0 Å². The van der Waals surface area contributed by atoms with Crippen LogP contribution in [0.4, 0.5) is 0 Å². The first-order valence-electron chi connectivity index (χ1n) is 4.38. The van der Waals surface area contributed by atoms with Crippen molar-refractivity contribution in [1.29, 1.82) is 0 Å². The van der Waals surface area contributed by atoms with Gasteiger partial charge in [0.05, 0.1) is 7.11 Å². The Morgan fingerprint density at radius 2 is 2.07 bits per heavy atom. The van der Waals surface area contributed by atoms with Gasteiger partial charge in [0, 0.05) is 5.56 Å². The highest BCUT2D eigenvalue weighted by molar-refractivity contribution is 5.95. The molecule has 0 aliphatic rings. The van der Waals surface area contributed by atoms with E-state index in [1.807, 2.05) is 0 Å². The third-order valence-electron chi connectivity index (χ3n) is 1.97. The molecule has 0 amide bonds. The minimum absolute atomic E-state index is 0.102. The maximum atomic E-state index is 11.3. The number of hydrogen-bond acceptors (Lipinski definition) is 4. The van der Waals surface area contributed by atoms with Crippen molar-refractivity contribution in [3.63, 3.8) is 0 Å². The molecule has 0 fully saturated rings. The van der Waals surface area contributed by atoms with Crippen LogP contribution in [0.15, 0.2) is 0 Å². The summed E-state index contributed by atoms with van der Waals surface area (Å²) in [5.41, 5.74) is 0.338. The Labute approximate surface area is 86.2 Å². The number of carboxylic acids is 1. The minimum Gasteiger partial charge on any atom is -0.476 e. The van der Waals surface area contributed by atoms with Crippen LogP contribution in [0.2, 0.25) is 0 Å². The van der Waals surface area contributed by atoms with Gasteiger partial charge in [0.25, 0.3) is 0 Å². The van der Waals surface area contributed by atoms with Crippen LogP contribution in [-0.2, 0) is 4.74 Å². The quantitative estimate of drug-likeness (QED) is 0.729. The normalized spacial score (nSPS) is 10.4. The number of hydrogen-bond donors (Lipinski definition) is 2. The monoisotopic (exact) mass is 212 g/mol. The molecule has 0 unspecified atom stereocenters. The highest BCUT2D eigenvalue weighted by atomic mass is 16.5. The van der Waals surface area contributed by atoms with Gasteiger partial charge in [-0.15, -0.1) is 0 Å². The SMILES string of the molecule is COC(=O)c1[nH]nc(C(=O)O)c1C(C)C. The molecule has 0 saturated carbocycles. The zero-order valence-electron chi connectivity index (χ0n) is 8.70. The van der Waals surface area contributed by atoms with Gasteiger partial charge >= 0.3 is 11.9 Å². The fraction of sp³-hybridized carbons (Fsp3) is 0.444. The molecule has 0 aliphatic carbocycles. The van der Waals surface area contributed by atoms with Crippen LogP contribution in [0, 0.1) is 0 Å². The van der Waals surface area contributed by atoms with E-state index in [-0.39, 0.29) is 17.3 Å². The maximum Gasteiger partial charge on any atom is 0.356 e. The number of H-pyrrole nitrogens is 1. The molecular formula is C9H12N2O4. The Bertz CT molecular complexity index is 395. The average molecular weight is 212 g/mol. The predicted molar refractivity (Wildman–Crippen MR) is 51.0 cm³/mol. The van der Waals surface area contributed by atoms with E-state index in [4.69, 9.17) is 5.11 Å². The summed E-state index contributed by atoms with van der Waals surface area (Å²) in [5.74, 6) is -1.90. The van der Waals surface area contributed by atoms with Gasteiger partial charge < -0.3 is 9.84 Å². The number of nitrogens with one attached hydrogen (secondary N) is 1. The number of rotatable bonds is 3. The van der Waals surface area contributed by atoms with Gasteiger partial charge in [0.15, 0.2) is 5.69 Å². The van der Waals surface area contributed by atoms with Gasteiger partial charge in [-0.1, -0.05) is 13.8 Å². The summed E-state index contributed by atoms with van der Waals surface area (Å²) < 4.78 is 4.52. The molecule has 0 aromatic carbocycles. The second-order valence-corrected chi connectivity index (χ2v) is 3.31. The number of esters is 1. The van der Waals surface area contributed by atoms with Crippen LogP contribution in [-0.4, -0.2) is 34.4 Å². The van der Waals surface area contributed by atoms with Gasteiger partial charge in [0.1, 0.15) is 5.69 Å². The molecule has 1 rings (SSSR count). The Balaban J connectivity index is 3.30. The first-order chi connectivity index (χ1) is 6.99. The number of aromatic nitrogens is 2. The zero-order chi connectivity index (χ0) is 11.6. The van der Waals surface area contributed by atoms with Gasteiger partial charge in [0.2, 0.25) is 0 Å². The lowest BCUT2D eigenvalue weighted by Gasteiger charge is -2.05. The topological polar surface area (TPSA) is 92.3 Å². The molecule has 1 aromatic heterocycles. The molecule has 0 saturated heterocycles. The van der Waals surface area contributed by atoms with Gasteiger partial charge in [-0.25, -0.2) is 9.59 Å². The fourth-order valence-corrected chi connectivity index (χ4v) is 1.33. The molecule has 1 heterocycles. The molecule has 0 atom stereocenters. The van der Waals surface area contributed by atoms with Crippen LogP contribution in [0.5, 0.6) is 0 Å². The highest BCUT2D eigenvalue weighted by Crippen LogP contribution is 2.22. The van der Waals surface area contributed by atoms with Gasteiger partial charge in [-0.05, 0) is 5.92 Å². The third kappa shape index (κ3) is 1.98. The van der Waals surface area contributed by atoms with Crippen LogP contribution in [0.3, 0.4) is 0 Å². The molecule has 0 aliphatic heterocycles. The van der Waals surface area contributed by atoms with Crippen LogP contribution in [0.1, 0.15) is 46.3 Å². The molecule has 2 N–H and O–H groups in total. The van der Waals surface area contributed by atoms with Crippen molar-refractivity contribution in [3.8, 4) is 0 Å². The summed E-state index contributed by atoms with van der Waals surface area (Å²) in [6.45, 7) is 3.56. The summed E-state index contributed by atoms with van der Waals surface area (Å²) in [4.78, 5) is 22.1. The molecule has 0 spiro atoms. The lowest BCUT2D eigenvalue weighted by Crippen LogP contribution is -2.08. The summed E-state index contributed by atoms with van der Waals surface area (Å²) in [6.07, 6.45) is 0. The minimum atomic E-state index is -1.16. The Morgan fingerprint density at radius 1 is 1.47 bits per heavy atom. The highest BCUT2D eigenvalue weighted by Gasteiger charge is 2.25. The number of carboxylic acid groups (broad SMARTS) is 1. The molecule has 6 nitrogen and oxygen atoms in total. The summed E-state index contributed by atoms with van der Waals surface area (Å²) in [6, 6.07) is 0. The number of methoxy groups -OCH3 is 1. The number of nitrogens with zero attached hydrogens (tertiary/aromatic N) is 1. The van der Waals surface area contributed by atoms with E-state index < -0.39 is 11.9 Å². The van der Waals surface area contributed by atoms with Crippen molar-refractivity contribution < 1.29 is 19.4 Å². The Morgan fingerprint density at radius 3 is 2.47 bits per heavy atom. The fourth-order valence-electron chi connectivity index (χ4n) is 1.33. The smallest absolute Gasteiger partial charge is 0.356 e. The summed E-state index contributed by atoms with van der Waals surface area (Å²) >= 11 is 0. The van der Waals surface area contributed by atoms with Crippen molar-refractivity contribution >= 4 is 11.9 Å². The molecule has 15 heavy (non-hydrogen) atoms. The number of ether oxygens (including phenoxy) is 1. The average Bonchev–Trinajstić information content (AvgIpc) is 2.60. The number of carbonyl (C=O) groups excluding carboxylic acids is 1. The number of carbonyl (C=O) groups is 2. The second-order valence-electron chi connectivity index (χ2n) is 3.31. The van der Waals surface area contributed by atoms with Crippen molar-refractivity contribution in [3.05, 3.63) is 17.0 Å². The van der Waals surface area contributed by atoms with Crippen molar-refractivity contribution in [1.82, 2.24) is 10.2 Å². The zero-order valence-corrected chi connectivity index (χ0v) is 8.70. The van der Waals surface area contributed by atoms with Gasteiger partial charge in [-0.2, -0.15) is 5.10 Å². The molecular weight excluding hydrogens is 200 g/mol. The summed E-state index contributed by atoms with van der Waals surface area (Å²) in [7, 11) is 1.23. The van der Waals surface area contributed by atoms with E-state index in [0.717, 1.165) is 0 Å². The predicted octanol–water partition coefficient (Wildman–Crippen LogP) is 1.02. The van der Waals surface area contributed by atoms with E-state index in [1.54, 1.807) is 13.8 Å². The second kappa shape index (κ2) is 4.12. The van der Waals surface area contributed by atoms with E-state index in [0.29, 0.717) is 5.56 Å². The molecule has 0 bridgehead atoms. The number of aromatic carboxylic acids is 1. The largest absolute Gasteiger partial charge is 0.476 e. The number of aromatic amines is 1. The Kier molecular flexibility index (Phi) is 3.08. The molecule has 1 aromatic rings. The lowest BCUT2D eigenvalue weighted by molar-refractivity contribution is 0.0592. The lowest BCUT2D eigenvalue weighted by atomic mass is 10.0. The van der Waals surface area contributed by atoms with Crippen LogP contribution < -0.4 is 0 Å². The maximum absolute atomic E-state index is 11.3. The molecule has 0 radical (unpaired) electrons. The van der Waals surface area contributed by atoms with E-state index >= 15 is 0 Å². The van der Waals surface area contributed by atoms with E-state index in [9.17, 15) is 9.59 Å². The van der Waals surface area contributed by atoms with Crippen molar-refractivity contribution in [2.45, 2.75) is 19.8 Å². The molecule has 82 valence electrons. The summed E-state index contributed by atoms with van der Waals surface area (Å²) in [5, 5.41) is 14.8. The van der Waals surface area contributed by atoms with E-state index in [2.05, 4.69) is 14.9 Å². The Hall–Kier alpha value is -1.85. The first-order valence-corrected chi connectivity index (χ1v) is 4.38. The first kappa shape index (κ1) is 11.2. The standard InChI is InChI=1S/C9H12N2O4/c1-4(2)5-6(8(12)13)10-11-7(5)9(14)15-3/h4H,1-3H3,(H,10,11)(H,12,13). The van der Waals surface area contributed by atoms with Crippen molar-refractivity contribution in [2.24, 2.45) is 0 Å². The van der Waals surface area contributed by atoms with Gasteiger partial charge in [-0.3, -0.25) is 5.10 Å². The van der Waals surface area contributed by atoms with Crippen LogP contribution >= 0.6 is 0 Å². The third-order valence-corrected chi connectivity index (χ3v) is 1.97. The van der Waals surface area contributed by atoms with Crippen molar-refractivity contribution in [2.75, 3.05) is 7.11 Å². The van der Waals surface area contributed by atoms with E-state index in [1.165, 1.54) is 7.11 Å². The molecule has 6 heteroatoms.